The van der Waals surface area contributed by atoms with Crippen LogP contribution in [-0.4, -0.2) is 31.8 Å². The van der Waals surface area contributed by atoms with Gasteiger partial charge in [0.1, 0.15) is 11.2 Å². The maximum atomic E-state index is 13.0. The van der Waals surface area contributed by atoms with Crippen LogP contribution in [0.25, 0.3) is 5.65 Å². The predicted molar refractivity (Wildman–Crippen MR) is 95.6 cm³/mol. The van der Waals surface area contributed by atoms with Crippen molar-refractivity contribution in [2.45, 2.75) is 51.6 Å². The van der Waals surface area contributed by atoms with E-state index in [9.17, 15) is 14.4 Å². The minimum Gasteiger partial charge on any atom is -0.323 e. The van der Waals surface area contributed by atoms with E-state index < -0.39 is 11.6 Å². The third-order valence-electron chi connectivity index (χ3n) is 5.70. The quantitative estimate of drug-likeness (QED) is 0.836. The average molecular weight is 354 g/mol. The average Bonchev–Trinajstić information content (AvgIpc) is 2.82. The molecular weight excluding hydrogens is 332 g/mol. The summed E-state index contributed by atoms with van der Waals surface area (Å²) in [5, 5.41) is 2.93. The van der Waals surface area contributed by atoms with Crippen molar-refractivity contribution in [3.63, 3.8) is 0 Å². The fraction of sp³-hybridized carbons (Fsp3) is 0.474. The molecule has 7 heteroatoms. The van der Waals surface area contributed by atoms with Gasteiger partial charge in [-0.2, -0.15) is 0 Å². The van der Waals surface area contributed by atoms with Gasteiger partial charge in [0.2, 0.25) is 0 Å². The van der Waals surface area contributed by atoms with Gasteiger partial charge in [0, 0.05) is 12.3 Å². The van der Waals surface area contributed by atoms with Crippen LogP contribution in [0.3, 0.4) is 0 Å². The molecule has 2 atom stereocenters. The van der Waals surface area contributed by atoms with Gasteiger partial charge in [-0.3, -0.25) is 18.9 Å². The Morgan fingerprint density at radius 1 is 1.27 bits per heavy atom. The molecule has 0 aromatic carbocycles. The first-order chi connectivity index (χ1) is 12.4. The number of aromatic nitrogens is 2. The number of nitrogens with zero attached hydrogens (tertiary/aromatic N) is 3. The number of fused-ring (bicyclic) bond motifs is 1. The molecule has 2 unspecified atom stereocenters. The molecule has 3 heterocycles. The zero-order valence-corrected chi connectivity index (χ0v) is 15.0. The summed E-state index contributed by atoms with van der Waals surface area (Å²) in [7, 11) is 0. The molecule has 26 heavy (non-hydrogen) atoms. The maximum Gasteiger partial charge on any atom is 0.325 e. The molecule has 2 aromatic rings. The van der Waals surface area contributed by atoms with Crippen LogP contribution in [0.5, 0.6) is 0 Å². The molecule has 4 rings (SSSR count). The highest BCUT2D eigenvalue weighted by Crippen LogP contribution is 2.38. The molecule has 136 valence electrons. The Morgan fingerprint density at radius 3 is 2.85 bits per heavy atom. The van der Waals surface area contributed by atoms with Crippen molar-refractivity contribution in [1.82, 2.24) is 19.6 Å². The first kappa shape index (κ1) is 16.8. The number of pyridine rings is 1. The van der Waals surface area contributed by atoms with E-state index >= 15 is 0 Å². The number of imide groups is 1. The van der Waals surface area contributed by atoms with E-state index in [1.807, 2.05) is 26.0 Å². The van der Waals surface area contributed by atoms with Crippen molar-refractivity contribution >= 4 is 17.6 Å². The largest absolute Gasteiger partial charge is 0.325 e. The van der Waals surface area contributed by atoms with Gasteiger partial charge in [-0.25, -0.2) is 9.78 Å². The second-order valence-corrected chi connectivity index (χ2v) is 7.46. The van der Waals surface area contributed by atoms with Gasteiger partial charge in [0.05, 0.1) is 12.2 Å². The lowest BCUT2D eigenvalue weighted by molar-refractivity contribution is -0.134. The fourth-order valence-corrected chi connectivity index (χ4v) is 4.14. The third kappa shape index (κ3) is 2.50. The van der Waals surface area contributed by atoms with E-state index in [0.29, 0.717) is 17.8 Å². The molecule has 2 aromatic heterocycles. The maximum absolute atomic E-state index is 13.0. The highest BCUT2D eigenvalue weighted by atomic mass is 16.2. The van der Waals surface area contributed by atoms with Crippen LogP contribution in [0.2, 0.25) is 0 Å². The first-order valence-electron chi connectivity index (χ1n) is 9.04. The minimum absolute atomic E-state index is 0.0127. The lowest BCUT2D eigenvalue weighted by atomic mass is 9.73. The highest BCUT2D eigenvalue weighted by Gasteiger charge is 2.54. The number of hydrogen-bond donors (Lipinski definition) is 1. The van der Waals surface area contributed by atoms with E-state index in [1.165, 1.54) is 15.4 Å². The number of amides is 3. The molecule has 7 nitrogen and oxygen atoms in total. The third-order valence-corrected chi connectivity index (χ3v) is 5.70. The lowest BCUT2D eigenvalue weighted by Gasteiger charge is -2.36. The molecule has 1 spiro atoms. The van der Waals surface area contributed by atoms with E-state index in [0.717, 1.165) is 24.8 Å². The highest BCUT2D eigenvalue weighted by molar-refractivity contribution is 6.07. The number of hydrogen-bond acceptors (Lipinski definition) is 4. The number of rotatable bonds is 2. The zero-order valence-electron chi connectivity index (χ0n) is 15.0. The Morgan fingerprint density at radius 2 is 2.08 bits per heavy atom. The Labute approximate surface area is 151 Å². The van der Waals surface area contributed by atoms with Crippen molar-refractivity contribution in [2.75, 3.05) is 0 Å². The Balaban J connectivity index is 1.67. The topological polar surface area (TPSA) is 83.8 Å². The van der Waals surface area contributed by atoms with E-state index in [4.69, 9.17) is 0 Å². The van der Waals surface area contributed by atoms with Gasteiger partial charge in [-0.05, 0) is 43.4 Å². The van der Waals surface area contributed by atoms with Crippen LogP contribution >= 0.6 is 0 Å². The summed E-state index contributed by atoms with van der Waals surface area (Å²) in [4.78, 5) is 43.5. The lowest BCUT2D eigenvalue weighted by Crippen LogP contribution is -2.53. The molecule has 2 aliphatic rings. The number of urea groups is 1. The first-order valence-corrected chi connectivity index (χ1v) is 9.04. The van der Waals surface area contributed by atoms with Gasteiger partial charge < -0.3 is 5.32 Å². The summed E-state index contributed by atoms with van der Waals surface area (Å²) in [6, 6.07) is 4.64. The second-order valence-electron chi connectivity index (χ2n) is 7.46. The van der Waals surface area contributed by atoms with Crippen molar-refractivity contribution in [3.05, 3.63) is 46.0 Å². The summed E-state index contributed by atoms with van der Waals surface area (Å²) >= 11 is 0. The normalized spacial score (nSPS) is 25.9. The molecule has 1 aliphatic heterocycles. The number of aryl methyl sites for hydroxylation is 1. The van der Waals surface area contributed by atoms with Gasteiger partial charge in [0.25, 0.3) is 11.5 Å². The van der Waals surface area contributed by atoms with Crippen LogP contribution in [0, 0.1) is 12.8 Å². The van der Waals surface area contributed by atoms with Crippen LogP contribution in [0.4, 0.5) is 4.79 Å². The minimum atomic E-state index is -0.794. The molecular formula is C19H22N4O3. The summed E-state index contributed by atoms with van der Waals surface area (Å²) in [5.74, 6) is -0.0866. The molecule has 0 bridgehead atoms. The van der Waals surface area contributed by atoms with E-state index in [-0.39, 0.29) is 23.9 Å². The van der Waals surface area contributed by atoms with Gasteiger partial charge in [-0.15, -0.1) is 0 Å². The number of nitrogens with one attached hydrogen (secondary N) is 1. The zero-order chi connectivity index (χ0) is 18.5. The van der Waals surface area contributed by atoms with E-state index in [2.05, 4.69) is 10.3 Å². The van der Waals surface area contributed by atoms with E-state index in [1.54, 1.807) is 6.20 Å². The van der Waals surface area contributed by atoms with Crippen LogP contribution in [0.1, 0.15) is 43.9 Å². The van der Waals surface area contributed by atoms with Crippen molar-refractivity contribution in [3.8, 4) is 0 Å². The summed E-state index contributed by atoms with van der Waals surface area (Å²) < 4.78 is 1.45. The van der Waals surface area contributed by atoms with Crippen molar-refractivity contribution in [2.24, 2.45) is 5.92 Å². The molecule has 1 aliphatic carbocycles. The molecule has 2 fully saturated rings. The van der Waals surface area contributed by atoms with Gasteiger partial charge in [0.15, 0.2) is 0 Å². The molecule has 0 radical (unpaired) electrons. The summed E-state index contributed by atoms with van der Waals surface area (Å²) in [6.45, 7) is 3.95. The number of carbonyl (C=O) groups is 2. The number of carbonyl (C=O) groups excluding carboxylic acids is 2. The van der Waals surface area contributed by atoms with Gasteiger partial charge in [-0.1, -0.05) is 19.8 Å². The standard InChI is InChI=1S/C19H22N4O3/c1-12-6-8-22-15(9-12)20-14(10-16(22)24)11-23-17(25)19(21-18(23)26)7-4-3-5-13(19)2/h6,8-10,13H,3-5,7,11H2,1-2H3,(H,21,26). The van der Waals surface area contributed by atoms with Crippen LogP contribution in [0.15, 0.2) is 29.2 Å². The fourth-order valence-electron chi connectivity index (χ4n) is 4.14. The molecule has 1 saturated heterocycles. The monoisotopic (exact) mass is 354 g/mol. The summed E-state index contributed by atoms with van der Waals surface area (Å²) in [6.07, 6.45) is 5.28. The molecule has 1 N–H and O–H groups in total. The molecule has 1 saturated carbocycles. The second kappa shape index (κ2) is 5.93. The smallest absolute Gasteiger partial charge is 0.323 e. The van der Waals surface area contributed by atoms with Crippen molar-refractivity contribution in [1.29, 1.82) is 0 Å². The Kier molecular flexibility index (Phi) is 3.82. The predicted octanol–water partition coefficient (Wildman–Crippen LogP) is 2.00. The van der Waals surface area contributed by atoms with Crippen molar-refractivity contribution < 1.29 is 9.59 Å². The molecule has 3 amide bonds. The van der Waals surface area contributed by atoms with Crippen LogP contribution < -0.4 is 10.9 Å². The Bertz CT molecular complexity index is 967. The SMILES string of the molecule is Cc1ccn2c(=O)cc(CN3C(=O)NC4(CCCCC4C)C3=O)nc2c1. The van der Waals surface area contributed by atoms with Crippen LogP contribution in [-0.2, 0) is 11.3 Å². The summed E-state index contributed by atoms with van der Waals surface area (Å²) in [5.41, 5.74) is 0.902. The Hall–Kier alpha value is -2.70. The van der Waals surface area contributed by atoms with Gasteiger partial charge >= 0.3 is 6.03 Å².